The molecule has 0 saturated heterocycles. The van der Waals surface area contributed by atoms with E-state index in [9.17, 15) is 0 Å². The first-order chi connectivity index (χ1) is 15.9. The van der Waals surface area contributed by atoms with Crippen LogP contribution in [0.5, 0.6) is 0 Å². The maximum atomic E-state index is 2.54. The molecule has 0 rings (SSSR count). The average molecular weight is 505 g/mol. The molecule has 0 heteroatoms. The van der Waals surface area contributed by atoms with Crippen molar-refractivity contribution in [1.82, 2.24) is 0 Å². The summed E-state index contributed by atoms with van der Waals surface area (Å²) < 4.78 is 0. The highest BCUT2D eigenvalue weighted by Crippen LogP contribution is 2.44. The van der Waals surface area contributed by atoms with Crippen LogP contribution in [0.3, 0.4) is 0 Å². The Hall–Kier alpha value is -0.260. The fourth-order valence-corrected chi connectivity index (χ4v) is 6.19. The molecule has 0 fully saturated rings. The average Bonchev–Trinajstić information content (AvgIpc) is 2.61. The van der Waals surface area contributed by atoms with E-state index in [1.54, 1.807) is 11.1 Å². The normalized spacial score (nSPS) is 19.1. The largest absolute Gasteiger partial charge is 0.0733 e. The first-order valence-corrected chi connectivity index (χ1v) is 15.5. The van der Waals surface area contributed by atoms with Crippen LogP contribution in [-0.2, 0) is 0 Å². The van der Waals surface area contributed by atoms with Crippen LogP contribution < -0.4 is 0 Å². The Morgan fingerprint density at radius 1 is 0.500 bits per heavy atom. The van der Waals surface area contributed by atoms with E-state index in [2.05, 4.69) is 125 Å². The Balaban J connectivity index is 5.73. The van der Waals surface area contributed by atoms with Gasteiger partial charge in [-0.25, -0.2) is 0 Å². The van der Waals surface area contributed by atoms with Gasteiger partial charge in [0, 0.05) is 0 Å². The first kappa shape index (κ1) is 35.7. The second-order valence-corrected chi connectivity index (χ2v) is 17.9. The molecular formula is C36H72. The van der Waals surface area contributed by atoms with Gasteiger partial charge < -0.3 is 0 Å². The van der Waals surface area contributed by atoms with Gasteiger partial charge in [-0.15, -0.1) is 0 Å². The molecule has 5 unspecified atom stereocenters. The molecule has 0 aliphatic carbocycles. The minimum Gasteiger partial charge on any atom is -0.0733 e. The standard InChI is InChI=1S/C36H72/c1-25(2)19-30(34(10,11)12)24-28(5)32(36(16,17)18)23-27(4)22-31(35(13,14)15)21-26(3)20-29(6)33(7,8)9/h25-27,29-31H,19-24H2,1-18H3/b32-28+. The zero-order valence-electron chi connectivity index (χ0n) is 28.7. The fraction of sp³-hybridized carbons (Fsp3) is 0.944. The van der Waals surface area contributed by atoms with Gasteiger partial charge in [-0.1, -0.05) is 129 Å². The maximum Gasteiger partial charge on any atom is -0.0170 e. The highest BCUT2D eigenvalue weighted by molar-refractivity contribution is 5.20. The number of rotatable bonds is 12. The molecule has 0 saturated carbocycles. The molecular weight excluding hydrogens is 432 g/mol. The number of hydrogen-bond donors (Lipinski definition) is 0. The van der Waals surface area contributed by atoms with E-state index in [1.807, 2.05) is 0 Å². The lowest BCUT2D eigenvalue weighted by Gasteiger charge is -2.38. The van der Waals surface area contributed by atoms with Crippen molar-refractivity contribution >= 4 is 0 Å². The molecule has 0 aromatic carbocycles. The van der Waals surface area contributed by atoms with Crippen LogP contribution >= 0.6 is 0 Å². The lowest BCUT2D eigenvalue weighted by atomic mass is 9.67. The van der Waals surface area contributed by atoms with Crippen molar-refractivity contribution in [3.63, 3.8) is 0 Å². The molecule has 0 aromatic rings. The summed E-state index contributed by atoms with van der Waals surface area (Å²) in [6.07, 6.45) is 7.89. The third-order valence-electron chi connectivity index (χ3n) is 9.34. The molecule has 0 spiro atoms. The molecule has 216 valence electrons. The van der Waals surface area contributed by atoms with Crippen LogP contribution in [0.2, 0.25) is 0 Å². The van der Waals surface area contributed by atoms with Crippen molar-refractivity contribution in [1.29, 1.82) is 0 Å². The Morgan fingerprint density at radius 2 is 0.944 bits per heavy atom. The molecule has 0 aliphatic heterocycles. The lowest BCUT2D eigenvalue weighted by Crippen LogP contribution is -2.27. The van der Waals surface area contributed by atoms with Gasteiger partial charge in [-0.3, -0.25) is 0 Å². The number of hydrogen-bond acceptors (Lipinski definition) is 0. The second kappa shape index (κ2) is 13.7. The van der Waals surface area contributed by atoms with Gasteiger partial charge in [-0.05, 0) is 103 Å². The molecule has 0 bridgehead atoms. The topological polar surface area (TPSA) is 0 Å². The quantitative estimate of drug-likeness (QED) is 0.232. The van der Waals surface area contributed by atoms with E-state index < -0.39 is 0 Å². The summed E-state index contributed by atoms with van der Waals surface area (Å²) in [5.74, 6) is 4.57. The van der Waals surface area contributed by atoms with Crippen molar-refractivity contribution < 1.29 is 0 Å². The molecule has 0 aliphatic rings. The summed E-state index contributed by atoms with van der Waals surface area (Å²) in [5.41, 5.74) is 4.78. The summed E-state index contributed by atoms with van der Waals surface area (Å²) in [4.78, 5) is 0. The van der Waals surface area contributed by atoms with Crippen molar-refractivity contribution in [3.8, 4) is 0 Å². The lowest BCUT2D eigenvalue weighted by molar-refractivity contribution is 0.141. The molecule has 0 radical (unpaired) electrons. The van der Waals surface area contributed by atoms with Gasteiger partial charge in [0.1, 0.15) is 0 Å². The van der Waals surface area contributed by atoms with Gasteiger partial charge in [-0.2, -0.15) is 0 Å². The predicted octanol–water partition coefficient (Wildman–Crippen LogP) is 12.6. The van der Waals surface area contributed by atoms with E-state index in [0.717, 1.165) is 35.5 Å². The zero-order valence-corrected chi connectivity index (χ0v) is 28.7. The predicted molar refractivity (Wildman–Crippen MR) is 168 cm³/mol. The van der Waals surface area contributed by atoms with Crippen LogP contribution in [0, 0.1) is 57.2 Å². The van der Waals surface area contributed by atoms with Crippen LogP contribution in [-0.4, -0.2) is 0 Å². The van der Waals surface area contributed by atoms with E-state index in [0.29, 0.717) is 16.2 Å². The Morgan fingerprint density at radius 3 is 1.31 bits per heavy atom. The molecule has 0 N–H and O–H groups in total. The zero-order chi connectivity index (χ0) is 28.9. The Labute approximate surface area is 231 Å². The van der Waals surface area contributed by atoms with Gasteiger partial charge >= 0.3 is 0 Å². The van der Waals surface area contributed by atoms with Gasteiger partial charge in [0.25, 0.3) is 0 Å². The van der Waals surface area contributed by atoms with Crippen molar-refractivity contribution in [2.45, 2.75) is 163 Å². The van der Waals surface area contributed by atoms with E-state index in [-0.39, 0.29) is 5.41 Å². The third kappa shape index (κ3) is 13.5. The summed E-state index contributed by atoms with van der Waals surface area (Å²) in [6, 6.07) is 0. The first-order valence-electron chi connectivity index (χ1n) is 15.5. The third-order valence-corrected chi connectivity index (χ3v) is 9.34. The molecule has 0 aromatic heterocycles. The highest BCUT2D eigenvalue weighted by Gasteiger charge is 2.32. The van der Waals surface area contributed by atoms with Gasteiger partial charge in [0.2, 0.25) is 0 Å². The molecule has 0 nitrogen and oxygen atoms in total. The van der Waals surface area contributed by atoms with E-state index >= 15 is 0 Å². The molecule has 0 heterocycles. The highest BCUT2D eigenvalue weighted by atomic mass is 14.4. The van der Waals surface area contributed by atoms with Crippen LogP contribution in [0.1, 0.15) is 163 Å². The minimum absolute atomic E-state index is 0.241. The van der Waals surface area contributed by atoms with Crippen LogP contribution in [0.25, 0.3) is 0 Å². The van der Waals surface area contributed by atoms with E-state index in [1.165, 1.54) is 38.5 Å². The van der Waals surface area contributed by atoms with Crippen LogP contribution in [0.15, 0.2) is 11.1 Å². The summed E-state index contributed by atoms with van der Waals surface area (Å²) in [6.45, 7) is 44.1. The fourth-order valence-electron chi connectivity index (χ4n) is 6.19. The summed E-state index contributed by atoms with van der Waals surface area (Å²) in [5, 5.41) is 0. The smallest absolute Gasteiger partial charge is 0.0170 e. The Kier molecular flexibility index (Phi) is 13.6. The summed E-state index contributed by atoms with van der Waals surface area (Å²) in [7, 11) is 0. The molecule has 36 heavy (non-hydrogen) atoms. The summed E-state index contributed by atoms with van der Waals surface area (Å²) >= 11 is 0. The molecule has 0 amide bonds. The minimum atomic E-state index is 0.241. The van der Waals surface area contributed by atoms with Crippen molar-refractivity contribution in [2.75, 3.05) is 0 Å². The van der Waals surface area contributed by atoms with Gasteiger partial charge in [0.15, 0.2) is 0 Å². The maximum absolute atomic E-state index is 2.54. The van der Waals surface area contributed by atoms with Crippen molar-refractivity contribution in [3.05, 3.63) is 11.1 Å². The monoisotopic (exact) mass is 505 g/mol. The SMILES string of the molecule is C/C(CC(CC(C)C)C(C)(C)C)=C(/CC(C)CC(CC(C)CC(C)C(C)(C)C)C(C)(C)C)C(C)(C)C. The Bertz CT molecular complexity index is 646. The van der Waals surface area contributed by atoms with Gasteiger partial charge in [0.05, 0.1) is 0 Å². The van der Waals surface area contributed by atoms with E-state index in [4.69, 9.17) is 0 Å². The van der Waals surface area contributed by atoms with Crippen molar-refractivity contribution in [2.24, 2.45) is 57.2 Å². The number of allylic oxidation sites excluding steroid dienone is 2. The second-order valence-electron chi connectivity index (χ2n) is 17.9. The van der Waals surface area contributed by atoms with Crippen LogP contribution in [0.4, 0.5) is 0 Å². The molecule has 5 atom stereocenters.